The molecule has 0 saturated heterocycles. The van der Waals surface area contributed by atoms with Crippen molar-refractivity contribution in [2.24, 2.45) is 5.92 Å². The van der Waals surface area contributed by atoms with Crippen molar-refractivity contribution in [1.82, 2.24) is 0 Å². The molecule has 1 aliphatic carbocycles. The number of hydrogen-bond acceptors (Lipinski definition) is 2. The molecule has 1 fully saturated rings. The highest BCUT2D eigenvalue weighted by molar-refractivity contribution is 6.07. The Morgan fingerprint density at radius 2 is 1.89 bits per heavy atom. The summed E-state index contributed by atoms with van der Waals surface area (Å²) in [4.78, 5) is 11.2. The Kier molecular flexibility index (Phi) is 3.11. The van der Waals surface area contributed by atoms with Gasteiger partial charge in [-0.1, -0.05) is 30.7 Å². The third-order valence-electron chi connectivity index (χ3n) is 3.96. The van der Waals surface area contributed by atoms with Crippen LogP contribution in [0.5, 0.6) is 0 Å². The van der Waals surface area contributed by atoms with Crippen LogP contribution >= 0.6 is 0 Å². The van der Waals surface area contributed by atoms with Gasteiger partial charge in [-0.2, -0.15) is 0 Å². The van der Waals surface area contributed by atoms with E-state index >= 15 is 0 Å². The number of nitrogens with one attached hydrogen (secondary N) is 1. The Morgan fingerprint density at radius 3 is 2.53 bits per heavy atom. The third kappa shape index (κ3) is 2.28. The molecule has 0 unspecified atom stereocenters. The van der Waals surface area contributed by atoms with E-state index in [1.54, 1.807) is 6.07 Å². The van der Waals surface area contributed by atoms with Crippen molar-refractivity contribution in [3.8, 4) is 0 Å². The van der Waals surface area contributed by atoms with E-state index in [0.29, 0.717) is 5.56 Å². The number of aromatic carboxylic acids is 1. The smallest absolute Gasteiger partial charge is 0.336 e. The van der Waals surface area contributed by atoms with Crippen LogP contribution in [0.15, 0.2) is 36.4 Å². The molecule has 0 amide bonds. The normalized spacial score (nSPS) is 15.2. The average Bonchev–Trinajstić information content (AvgIpc) is 2.36. The number of carboxylic acids is 1. The van der Waals surface area contributed by atoms with E-state index in [0.717, 1.165) is 28.9 Å². The number of carbonyl (C=O) groups is 1. The van der Waals surface area contributed by atoms with Crippen molar-refractivity contribution in [3.05, 3.63) is 42.0 Å². The molecule has 3 nitrogen and oxygen atoms in total. The Hall–Kier alpha value is -2.03. The molecule has 3 rings (SSSR count). The van der Waals surface area contributed by atoms with E-state index < -0.39 is 5.97 Å². The fourth-order valence-corrected chi connectivity index (χ4v) is 2.59. The molecule has 0 heterocycles. The first kappa shape index (κ1) is 12.0. The molecule has 0 aliphatic heterocycles. The minimum atomic E-state index is -0.873. The lowest BCUT2D eigenvalue weighted by molar-refractivity contribution is 0.0699. The summed E-state index contributed by atoms with van der Waals surface area (Å²) in [5.41, 5.74) is 1.40. The first-order valence-electron chi connectivity index (χ1n) is 6.74. The van der Waals surface area contributed by atoms with Crippen LogP contribution in [0.2, 0.25) is 0 Å². The summed E-state index contributed by atoms with van der Waals surface area (Å²) in [5.74, 6) is -0.0975. The Bertz CT molecular complexity index is 617. The summed E-state index contributed by atoms with van der Waals surface area (Å²) in [6, 6.07) is 11.2. The van der Waals surface area contributed by atoms with E-state index in [9.17, 15) is 9.90 Å². The summed E-state index contributed by atoms with van der Waals surface area (Å²) in [7, 11) is 0. The maximum atomic E-state index is 11.2. The molecular formula is C16H17NO2. The van der Waals surface area contributed by atoms with Crippen LogP contribution in [0, 0.1) is 5.92 Å². The van der Waals surface area contributed by atoms with E-state index in [1.807, 2.05) is 30.3 Å². The summed E-state index contributed by atoms with van der Waals surface area (Å²) in [6.45, 7) is 0.983. The standard InChI is InChI=1S/C16H17NO2/c18-16(19)14-8-9-15(17-10-11-4-3-5-11)13-7-2-1-6-12(13)14/h1-2,6-9,11,17H,3-5,10H2,(H,18,19). The highest BCUT2D eigenvalue weighted by Crippen LogP contribution is 2.30. The van der Waals surface area contributed by atoms with Crippen molar-refractivity contribution in [2.75, 3.05) is 11.9 Å². The van der Waals surface area contributed by atoms with Gasteiger partial charge in [0.1, 0.15) is 0 Å². The summed E-state index contributed by atoms with van der Waals surface area (Å²) >= 11 is 0. The molecule has 0 aromatic heterocycles. The van der Waals surface area contributed by atoms with Crippen LogP contribution in [0.3, 0.4) is 0 Å². The monoisotopic (exact) mass is 255 g/mol. The van der Waals surface area contributed by atoms with E-state index in [4.69, 9.17) is 0 Å². The maximum Gasteiger partial charge on any atom is 0.336 e. The van der Waals surface area contributed by atoms with Gasteiger partial charge in [0.25, 0.3) is 0 Å². The van der Waals surface area contributed by atoms with Crippen LogP contribution in [0.4, 0.5) is 5.69 Å². The molecular weight excluding hydrogens is 238 g/mol. The predicted octanol–water partition coefficient (Wildman–Crippen LogP) is 3.75. The highest BCUT2D eigenvalue weighted by Gasteiger charge is 2.17. The zero-order valence-corrected chi connectivity index (χ0v) is 10.7. The molecule has 2 aromatic rings. The fraction of sp³-hybridized carbons (Fsp3) is 0.312. The first-order valence-corrected chi connectivity index (χ1v) is 6.74. The van der Waals surface area contributed by atoms with Crippen LogP contribution in [0.1, 0.15) is 29.6 Å². The summed E-state index contributed by atoms with van der Waals surface area (Å²) in [6.07, 6.45) is 3.95. The van der Waals surface area contributed by atoms with Gasteiger partial charge in [0.15, 0.2) is 0 Å². The van der Waals surface area contributed by atoms with Gasteiger partial charge in [-0.25, -0.2) is 4.79 Å². The molecule has 0 bridgehead atoms. The molecule has 2 N–H and O–H groups in total. The predicted molar refractivity (Wildman–Crippen MR) is 76.7 cm³/mol. The number of rotatable bonds is 4. The molecule has 1 aliphatic rings. The number of fused-ring (bicyclic) bond motifs is 1. The van der Waals surface area contributed by atoms with Gasteiger partial charge in [0.2, 0.25) is 0 Å². The fourth-order valence-electron chi connectivity index (χ4n) is 2.59. The zero-order chi connectivity index (χ0) is 13.2. The van der Waals surface area contributed by atoms with E-state index in [1.165, 1.54) is 19.3 Å². The molecule has 2 aromatic carbocycles. The second-order valence-electron chi connectivity index (χ2n) is 5.19. The van der Waals surface area contributed by atoms with Crippen LogP contribution < -0.4 is 5.32 Å². The minimum Gasteiger partial charge on any atom is -0.478 e. The summed E-state index contributed by atoms with van der Waals surface area (Å²) in [5, 5.41) is 14.5. The van der Waals surface area contributed by atoms with Crippen molar-refractivity contribution < 1.29 is 9.90 Å². The van der Waals surface area contributed by atoms with Gasteiger partial charge in [-0.15, -0.1) is 0 Å². The van der Waals surface area contributed by atoms with Gasteiger partial charge in [0, 0.05) is 17.6 Å². The third-order valence-corrected chi connectivity index (χ3v) is 3.96. The van der Waals surface area contributed by atoms with Gasteiger partial charge in [-0.3, -0.25) is 0 Å². The zero-order valence-electron chi connectivity index (χ0n) is 10.7. The number of carboxylic acid groups (broad SMARTS) is 1. The first-order chi connectivity index (χ1) is 9.25. The summed E-state index contributed by atoms with van der Waals surface area (Å²) < 4.78 is 0. The second-order valence-corrected chi connectivity index (χ2v) is 5.19. The lowest BCUT2D eigenvalue weighted by Gasteiger charge is -2.26. The van der Waals surface area contributed by atoms with Gasteiger partial charge in [0.05, 0.1) is 5.56 Å². The number of hydrogen-bond donors (Lipinski definition) is 2. The Balaban J connectivity index is 1.95. The molecule has 0 spiro atoms. The molecule has 19 heavy (non-hydrogen) atoms. The molecule has 3 heteroatoms. The largest absolute Gasteiger partial charge is 0.478 e. The van der Waals surface area contributed by atoms with Gasteiger partial charge in [-0.05, 0) is 36.3 Å². The highest BCUT2D eigenvalue weighted by atomic mass is 16.4. The van der Waals surface area contributed by atoms with Crippen molar-refractivity contribution in [1.29, 1.82) is 0 Å². The van der Waals surface area contributed by atoms with Crippen molar-refractivity contribution in [3.63, 3.8) is 0 Å². The Morgan fingerprint density at radius 1 is 1.16 bits per heavy atom. The van der Waals surface area contributed by atoms with Crippen LogP contribution in [0.25, 0.3) is 10.8 Å². The topological polar surface area (TPSA) is 49.3 Å². The molecule has 0 atom stereocenters. The van der Waals surface area contributed by atoms with Crippen LogP contribution in [-0.4, -0.2) is 17.6 Å². The molecule has 1 saturated carbocycles. The van der Waals surface area contributed by atoms with Crippen LogP contribution in [-0.2, 0) is 0 Å². The van der Waals surface area contributed by atoms with Gasteiger partial charge >= 0.3 is 5.97 Å². The SMILES string of the molecule is O=C(O)c1ccc(NCC2CCC2)c2ccccc12. The van der Waals surface area contributed by atoms with E-state index in [2.05, 4.69) is 5.32 Å². The van der Waals surface area contributed by atoms with E-state index in [-0.39, 0.29) is 0 Å². The quantitative estimate of drug-likeness (QED) is 0.874. The van der Waals surface area contributed by atoms with Gasteiger partial charge < -0.3 is 10.4 Å². The maximum absolute atomic E-state index is 11.2. The van der Waals surface area contributed by atoms with Crippen molar-refractivity contribution in [2.45, 2.75) is 19.3 Å². The lowest BCUT2D eigenvalue weighted by atomic mass is 9.85. The number of benzene rings is 2. The second kappa shape index (κ2) is 4.92. The number of anilines is 1. The Labute approximate surface area is 112 Å². The van der Waals surface area contributed by atoms with Crippen molar-refractivity contribution >= 4 is 22.4 Å². The lowest BCUT2D eigenvalue weighted by Crippen LogP contribution is -2.21. The molecule has 0 radical (unpaired) electrons. The average molecular weight is 255 g/mol. The molecule has 98 valence electrons. The minimum absolute atomic E-state index is 0.366.